The summed E-state index contributed by atoms with van der Waals surface area (Å²) < 4.78 is 7.59. The molecule has 0 aliphatic carbocycles. The number of anilines is 1. The zero-order chi connectivity index (χ0) is 16.8. The molecular formula is C19H21N3O2. The number of imidazole rings is 1. The third-order valence-corrected chi connectivity index (χ3v) is 3.77. The van der Waals surface area contributed by atoms with E-state index in [-0.39, 0.29) is 12.5 Å². The number of benzene rings is 2. The molecule has 0 unspecified atom stereocenters. The number of hydrogen-bond acceptors (Lipinski definition) is 3. The Hall–Kier alpha value is -2.82. The van der Waals surface area contributed by atoms with Gasteiger partial charge in [-0.15, -0.1) is 0 Å². The van der Waals surface area contributed by atoms with Crippen molar-refractivity contribution in [1.29, 1.82) is 0 Å². The van der Waals surface area contributed by atoms with Gasteiger partial charge < -0.3 is 14.6 Å². The number of unbranched alkanes of at least 4 members (excludes halogenated alkanes) is 1. The van der Waals surface area contributed by atoms with Gasteiger partial charge in [0.25, 0.3) is 5.91 Å². The van der Waals surface area contributed by atoms with Gasteiger partial charge in [0.05, 0.1) is 17.4 Å². The number of para-hydroxylation sites is 1. The maximum Gasteiger partial charge on any atom is 0.262 e. The van der Waals surface area contributed by atoms with Crippen molar-refractivity contribution in [2.75, 3.05) is 11.9 Å². The van der Waals surface area contributed by atoms with Crippen molar-refractivity contribution < 1.29 is 9.53 Å². The molecule has 0 atom stereocenters. The van der Waals surface area contributed by atoms with Gasteiger partial charge in [-0.05, 0) is 36.8 Å². The number of carbonyl (C=O) groups is 1. The molecular weight excluding hydrogens is 302 g/mol. The van der Waals surface area contributed by atoms with E-state index in [2.05, 4.69) is 21.8 Å². The predicted octanol–water partition coefficient (Wildman–Crippen LogP) is 3.85. The van der Waals surface area contributed by atoms with Crippen LogP contribution in [0.25, 0.3) is 11.0 Å². The van der Waals surface area contributed by atoms with Crippen molar-refractivity contribution in [2.24, 2.45) is 0 Å². The molecule has 0 radical (unpaired) electrons. The van der Waals surface area contributed by atoms with Crippen LogP contribution in [-0.2, 0) is 11.3 Å². The van der Waals surface area contributed by atoms with E-state index in [1.54, 1.807) is 0 Å². The van der Waals surface area contributed by atoms with Gasteiger partial charge in [-0.25, -0.2) is 4.98 Å². The summed E-state index contributed by atoms with van der Waals surface area (Å²) in [5.41, 5.74) is 2.69. The maximum atomic E-state index is 12.0. The third kappa shape index (κ3) is 3.93. The molecule has 5 nitrogen and oxygen atoms in total. The van der Waals surface area contributed by atoms with E-state index in [9.17, 15) is 4.79 Å². The quantitative estimate of drug-likeness (QED) is 0.718. The van der Waals surface area contributed by atoms with Crippen LogP contribution in [0.5, 0.6) is 5.75 Å². The summed E-state index contributed by atoms with van der Waals surface area (Å²) >= 11 is 0. The number of fused-ring (bicyclic) bond motifs is 1. The van der Waals surface area contributed by atoms with Crippen molar-refractivity contribution in [3.8, 4) is 5.75 Å². The number of nitrogens with one attached hydrogen (secondary N) is 1. The van der Waals surface area contributed by atoms with Crippen molar-refractivity contribution in [2.45, 2.75) is 26.3 Å². The van der Waals surface area contributed by atoms with E-state index in [0.29, 0.717) is 5.75 Å². The van der Waals surface area contributed by atoms with E-state index in [0.717, 1.165) is 36.1 Å². The van der Waals surface area contributed by atoms with Crippen molar-refractivity contribution in [1.82, 2.24) is 9.55 Å². The molecule has 0 spiro atoms. The summed E-state index contributed by atoms with van der Waals surface area (Å²) in [6.45, 7) is 3.11. The number of nitrogens with zero attached hydrogens (tertiary/aromatic N) is 2. The summed E-state index contributed by atoms with van der Waals surface area (Å²) in [6.07, 6.45) is 4.13. The Morgan fingerprint density at radius 1 is 1.21 bits per heavy atom. The summed E-state index contributed by atoms with van der Waals surface area (Å²) in [4.78, 5) is 16.4. The molecule has 0 aliphatic heterocycles. The van der Waals surface area contributed by atoms with Gasteiger partial charge in [0.1, 0.15) is 5.75 Å². The van der Waals surface area contributed by atoms with Crippen LogP contribution in [0.4, 0.5) is 5.69 Å². The minimum absolute atomic E-state index is 0.0208. The molecule has 3 aromatic rings. The average Bonchev–Trinajstić information content (AvgIpc) is 3.01. The van der Waals surface area contributed by atoms with Crippen LogP contribution in [0.15, 0.2) is 54.9 Å². The summed E-state index contributed by atoms with van der Waals surface area (Å²) in [6, 6.07) is 15.1. The first-order valence-corrected chi connectivity index (χ1v) is 8.19. The van der Waals surface area contributed by atoms with Crippen molar-refractivity contribution in [3.05, 3.63) is 54.9 Å². The Bertz CT molecular complexity index is 812. The van der Waals surface area contributed by atoms with E-state index in [1.807, 2.05) is 54.9 Å². The van der Waals surface area contributed by atoms with Gasteiger partial charge in [-0.1, -0.05) is 31.5 Å². The first-order valence-electron chi connectivity index (χ1n) is 8.19. The van der Waals surface area contributed by atoms with Gasteiger partial charge in [0.15, 0.2) is 6.61 Å². The number of aryl methyl sites for hydroxylation is 1. The second kappa shape index (κ2) is 7.64. The molecule has 2 aromatic carbocycles. The minimum atomic E-state index is -0.191. The highest BCUT2D eigenvalue weighted by Gasteiger charge is 2.07. The van der Waals surface area contributed by atoms with E-state index in [4.69, 9.17) is 4.74 Å². The number of carbonyl (C=O) groups excluding carboxylic acids is 1. The Morgan fingerprint density at radius 3 is 2.83 bits per heavy atom. The van der Waals surface area contributed by atoms with Crippen LogP contribution in [0, 0.1) is 0 Å². The van der Waals surface area contributed by atoms with Crippen LogP contribution in [0.1, 0.15) is 19.8 Å². The zero-order valence-electron chi connectivity index (χ0n) is 13.7. The highest BCUT2D eigenvalue weighted by molar-refractivity contribution is 5.94. The molecule has 1 amide bonds. The van der Waals surface area contributed by atoms with E-state index >= 15 is 0 Å². The molecule has 0 bridgehead atoms. The normalized spacial score (nSPS) is 10.7. The first-order chi connectivity index (χ1) is 11.8. The van der Waals surface area contributed by atoms with Crippen molar-refractivity contribution >= 4 is 22.6 Å². The molecule has 3 rings (SSSR count). The molecule has 1 heterocycles. The van der Waals surface area contributed by atoms with Gasteiger partial charge in [0, 0.05) is 12.2 Å². The van der Waals surface area contributed by atoms with Crippen LogP contribution < -0.4 is 10.1 Å². The number of amides is 1. The largest absolute Gasteiger partial charge is 0.484 e. The van der Waals surface area contributed by atoms with Crippen LogP contribution in [0.3, 0.4) is 0 Å². The zero-order valence-corrected chi connectivity index (χ0v) is 13.7. The number of rotatable bonds is 7. The van der Waals surface area contributed by atoms with Crippen LogP contribution in [-0.4, -0.2) is 22.1 Å². The lowest BCUT2D eigenvalue weighted by Crippen LogP contribution is -2.20. The summed E-state index contributed by atoms with van der Waals surface area (Å²) in [7, 11) is 0. The molecule has 124 valence electrons. The molecule has 1 N–H and O–H groups in total. The third-order valence-electron chi connectivity index (χ3n) is 3.77. The first kappa shape index (κ1) is 16.1. The predicted molar refractivity (Wildman–Crippen MR) is 95.2 cm³/mol. The van der Waals surface area contributed by atoms with Gasteiger partial charge >= 0.3 is 0 Å². The minimum Gasteiger partial charge on any atom is -0.484 e. The number of aromatic nitrogens is 2. The summed E-state index contributed by atoms with van der Waals surface area (Å²) in [5, 5.41) is 2.84. The highest BCUT2D eigenvalue weighted by Crippen LogP contribution is 2.19. The van der Waals surface area contributed by atoms with Gasteiger partial charge in [-0.3, -0.25) is 4.79 Å². The summed E-state index contributed by atoms with van der Waals surface area (Å²) in [5.74, 6) is 0.487. The monoisotopic (exact) mass is 323 g/mol. The standard InChI is InChI=1S/C19H21N3O2/c1-2-3-11-22-14-20-17-12-15(9-10-18(17)22)21-19(23)13-24-16-7-5-4-6-8-16/h4-10,12,14H,2-3,11,13H2,1H3,(H,21,23). The Kier molecular flexibility index (Phi) is 5.11. The lowest BCUT2D eigenvalue weighted by molar-refractivity contribution is -0.118. The molecule has 0 aliphatic rings. The molecule has 5 heteroatoms. The van der Waals surface area contributed by atoms with Crippen molar-refractivity contribution in [3.63, 3.8) is 0 Å². The molecule has 1 aromatic heterocycles. The fourth-order valence-corrected chi connectivity index (χ4v) is 2.51. The lowest BCUT2D eigenvalue weighted by atomic mass is 10.2. The SMILES string of the molecule is CCCCn1cnc2cc(NC(=O)COc3ccccc3)ccc21. The Morgan fingerprint density at radius 2 is 2.04 bits per heavy atom. The molecule has 0 saturated carbocycles. The van der Waals surface area contributed by atoms with Crippen LogP contribution >= 0.6 is 0 Å². The second-order valence-corrected chi connectivity index (χ2v) is 5.64. The highest BCUT2D eigenvalue weighted by atomic mass is 16.5. The topological polar surface area (TPSA) is 56.2 Å². The fraction of sp³-hybridized carbons (Fsp3) is 0.263. The fourth-order valence-electron chi connectivity index (χ4n) is 2.51. The Balaban J connectivity index is 1.61. The van der Waals surface area contributed by atoms with E-state index in [1.165, 1.54) is 0 Å². The van der Waals surface area contributed by atoms with Gasteiger partial charge in [-0.2, -0.15) is 0 Å². The second-order valence-electron chi connectivity index (χ2n) is 5.64. The average molecular weight is 323 g/mol. The smallest absolute Gasteiger partial charge is 0.262 e. The molecule has 24 heavy (non-hydrogen) atoms. The van der Waals surface area contributed by atoms with Gasteiger partial charge in [0.2, 0.25) is 0 Å². The molecule has 0 saturated heterocycles. The lowest BCUT2D eigenvalue weighted by Gasteiger charge is -2.08. The van der Waals surface area contributed by atoms with Crippen LogP contribution in [0.2, 0.25) is 0 Å². The Labute approximate surface area is 141 Å². The maximum absolute atomic E-state index is 12.0. The van der Waals surface area contributed by atoms with E-state index < -0.39 is 0 Å². The number of ether oxygens (including phenoxy) is 1. The molecule has 0 fully saturated rings. The number of hydrogen-bond donors (Lipinski definition) is 1.